The SMILES string of the molecule is O=C(Cn1ccc2c([N+](=O)[O-])cccc21)Nc1cccc(S(=O)(=O)N2CCCC2)c1. The average Bonchev–Trinajstić information content (AvgIpc) is 3.39. The van der Waals surface area contributed by atoms with Crippen molar-refractivity contribution in [1.29, 1.82) is 0 Å². The fraction of sp³-hybridized carbons (Fsp3) is 0.250. The van der Waals surface area contributed by atoms with E-state index in [2.05, 4.69) is 5.32 Å². The van der Waals surface area contributed by atoms with Crippen molar-refractivity contribution in [3.8, 4) is 0 Å². The molecular formula is C20H20N4O5S. The molecule has 1 amide bonds. The quantitative estimate of drug-likeness (QED) is 0.479. The number of anilines is 1. The van der Waals surface area contributed by atoms with Gasteiger partial charge in [0, 0.05) is 31.0 Å². The van der Waals surface area contributed by atoms with Crippen LogP contribution in [0.4, 0.5) is 11.4 Å². The first-order valence-electron chi connectivity index (χ1n) is 9.48. The van der Waals surface area contributed by atoms with Gasteiger partial charge in [-0.05, 0) is 43.2 Å². The molecule has 1 fully saturated rings. The number of sulfonamides is 1. The maximum absolute atomic E-state index is 12.7. The van der Waals surface area contributed by atoms with Crippen molar-refractivity contribution >= 4 is 38.2 Å². The number of benzene rings is 2. The van der Waals surface area contributed by atoms with Crippen LogP contribution in [0.3, 0.4) is 0 Å². The Bertz CT molecular complexity index is 1230. The normalized spacial score (nSPS) is 14.8. The van der Waals surface area contributed by atoms with E-state index in [1.54, 1.807) is 41.1 Å². The van der Waals surface area contributed by atoms with Crippen LogP contribution in [0.2, 0.25) is 0 Å². The van der Waals surface area contributed by atoms with Gasteiger partial charge in [-0.1, -0.05) is 12.1 Å². The molecule has 0 aliphatic carbocycles. The first-order chi connectivity index (χ1) is 14.4. The molecule has 0 saturated carbocycles. The minimum Gasteiger partial charge on any atom is -0.338 e. The summed E-state index contributed by atoms with van der Waals surface area (Å²) >= 11 is 0. The highest BCUT2D eigenvalue weighted by atomic mass is 32.2. The van der Waals surface area contributed by atoms with Crippen LogP contribution in [0.15, 0.2) is 59.6 Å². The summed E-state index contributed by atoms with van der Waals surface area (Å²) in [6.07, 6.45) is 3.31. The standard InChI is InChI=1S/C20H20N4O5S/c25-20(14-22-12-9-17-18(22)7-4-8-19(17)24(26)27)21-15-5-3-6-16(13-15)30(28,29)23-10-1-2-11-23/h3-9,12-13H,1-2,10-11,14H2,(H,21,25). The smallest absolute Gasteiger partial charge is 0.278 e. The number of rotatable bonds is 6. The summed E-state index contributed by atoms with van der Waals surface area (Å²) in [5.41, 5.74) is 0.930. The van der Waals surface area contributed by atoms with E-state index in [9.17, 15) is 23.3 Å². The summed E-state index contributed by atoms with van der Waals surface area (Å²) in [6, 6.07) is 12.5. The van der Waals surface area contributed by atoms with Crippen LogP contribution in [0.5, 0.6) is 0 Å². The largest absolute Gasteiger partial charge is 0.338 e. The molecule has 2 heterocycles. The Labute approximate surface area is 173 Å². The summed E-state index contributed by atoms with van der Waals surface area (Å²) < 4.78 is 28.5. The van der Waals surface area contributed by atoms with E-state index in [1.165, 1.54) is 22.5 Å². The summed E-state index contributed by atoms with van der Waals surface area (Å²) in [4.78, 5) is 23.4. The van der Waals surface area contributed by atoms with Crippen molar-refractivity contribution in [2.75, 3.05) is 18.4 Å². The van der Waals surface area contributed by atoms with E-state index in [0.717, 1.165) is 12.8 Å². The third-order valence-electron chi connectivity index (χ3n) is 5.12. The van der Waals surface area contributed by atoms with E-state index < -0.39 is 14.9 Å². The minimum absolute atomic E-state index is 0.0218. The Morgan fingerprint density at radius 3 is 2.57 bits per heavy atom. The lowest BCUT2D eigenvalue weighted by atomic mass is 10.2. The number of fused-ring (bicyclic) bond motifs is 1. The number of non-ortho nitro benzene ring substituents is 1. The highest BCUT2D eigenvalue weighted by Crippen LogP contribution is 2.26. The molecule has 1 aliphatic heterocycles. The fourth-order valence-electron chi connectivity index (χ4n) is 3.67. The van der Waals surface area contributed by atoms with Crippen molar-refractivity contribution in [3.63, 3.8) is 0 Å². The topological polar surface area (TPSA) is 115 Å². The van der Waals surface area contributed by atoms with Gasteiger partial charge in [0.15, 0.2) is 0 Å². The molecule has 156 valence electrons. The fourth-order valence-corrected chi connectivity index (χ4v) is 5.23. The van der Waals surface area contributed by atoms with Gasteiger partial charge in [-0.2, -0.15) is 4.31 Å². The van der Waals surface area contributed by atoms with Gasteiger partial charge in [0.25, 0.3) is 5.69 Å². The highest BCUT2D eigenvalue weighted by molar-refractivity contribution is 7.89. The van der Waals surface area contributed by atoms with E-state index in [-0.39, 0.29) is 23.0 Å². The summed E-state index contributed by atoms with van der Waals surface area (Å²) in [6.45, 7) is 0.950. The molecule has 0 unspecified atom stereocenters. The molecule has 9 nitrogen and oxygen atoms in total. The Morgan fingerprint density at radius 2 is 1.83 bits per heavy atom. The van der Waals surface area contributed by atoms with Crippen molar-refractivity contribution in [2.45, 2.75) is 24.3 Å². The molecule has 0 radical (unpaired) electrons. The molecule has 1 aliphatic rings. The molecule has 4 rings (SSSR count). The maximum Gasteiger partial charge on any atom is 0.278 e. The van der Waals surface area contributed by atoms with Crippen LogP contribution in [0.1, 0.15) is 12.8 Å². The van der Waals surface area contributed by atoms with Crippen LogP contribution in [0.25, 0.3) is 10.9 Å². The molecule has 1 saturated heterocycles. The van der Waals surface area contributed by atoms with Gasteiger partial charge in [0.1, 0.15) is 6.54 Å². The lowest BCUT2D eigenvalue weighted by Gasteiger charge is -2.16. The van der Waals surface area contributed by atoms with Crippen molar-refractivity contribution in [2.24, 2.45) is 0 Å². The van der Waals surface area contributed by atoms with E-state index in [0.29, 0.717) is 29.7 Å². The number of carbonyl (C=O) groups is 1. The number of nitro benzene ring substituents is 1. The number of nitrogens with zero attached hydrogens (tertiary/aromatic N) is 3. The third-order valence-corrected chi connectivity index (χ3v) is 7.02. The molecule has 0 atom stereocenters. The second kappa shape index (κ2) is 7.88. The molecular weight excluding hydrogens is 408 g/mol. The predicted octanol–water partition coefficient (Wildman–Crippen LogP) is 2.97. The zero-order chi connectivity index (χ0) is 21.3. The van der Waals surface area contributed by atoms with E-state index in [1.807, 2.05) is 0 Å². The molecule has 1 aromatic heterocycles. The Hall–Kier alpha value is -3.24. The minimum atomic E-state index is -3.58. The molecule has 0 spiro atoms. The monoisotopic (exact) mass is 428 g/mol. The van der Waals surface area contributed by atoms with Gasteiger partial charge in [0.05, 0.1) is 20.7 Å². The number of nitro groups is 1. The Kier molecular flexibility index (Phi) is 5.27. The zero-order valence-corrected chi connectivity index (χ0v) is 16.8. The first kappa shape index (κ1) is 20.0. The third kappa shape index (κ3) is 3.79. The van der Waals surface area contributed by atoms with Crippen LogP contribution in [0, 0.1) is 10.1 Å². The molecule has 10 heteroatoms. The van der Waals surface area contributed by atoms with Gasteiger partial charge in [-0.15, -0.1) is 0 Å². The van der Waals surface area contributed by atoms with Gasteiger partial charge in [-0.3, -0.25) is 14.9 Å². The maximum atomic E-state index is 12.7. The molecule has 30 heavy (non-hydrogen) atoms. The Morgan fingerprint density at radius 1 is 1.10 bits per heavy atom. The number of hydrogen-bond acceptors (Lipinski definition) is 5. The van der Waals surface area contributed by atoms with Gasteiger partial charge < -0.3 is 9.88 Å². The van der Waals surface area contributed by atoms with Crippen LogP contribution in [-0.4, -0.2) is 41.2 Å². The predicted molar refractivity (Wildman–Crippen MR) is 112 cm³/mol. The summed E-state index contributed by atoms with van der Waals surface area (Å²) in [5, 5.41) is 14.3. The molecule has 2 aromatic carbocycles. The van der Waals surface area contributed by atoms with Crippen LogP contribution in [-0.2, 0) is 21.4 Å². The number of amides is 1. The number of carbonyl (C=O) groups excluding carboxylic acids is 1. The van der Waals surface area contributed by atoms with Crippen molar-refractivity contribution in [1.82, 2.24) is 8.87 Å². The summed E-state index contributed by atoms with van der Waals surface area (Å²) in [7, 11) is -3.58. The van der Waals surface area contributed by atoms with Gasteiger partial charge in [0.2, 0.25) is 15.9 Å². The second-order valence-electron chi connectivity index (χ2n) is 7.10. The van der Waals surface area contributed by atoms with E-state index >= 15 is 0 Å². The Balaban J connectivity index is 1.52. The molecule has 1 N–H and O–H groups in total. The lowest BCUT2D eigenvalue weighted by molar-refractivity contribution is -0.383. The number of hydrogen-bond donors (Lipinski definition) is 1. The summed E-state index contributed by atoms with van der Waals surface area (Å²) in [5.74, 6) is -0.366. The van der Waals surface area contributed by atoms with Crippen molar-refractivity contribution < 1.29 is 18.1 Å². The molecule has 3 aromatic rings. The van der Waals surface area contributed by atoms with Crippen LogP contribution >= 0.6 is 0 Å². The zero-order valence-electron chi connectivity index (χ0n) is 16.0. The number of nitrogens with one attached hydrogen (secondary N) is 1. The lowest BCUT2D eigenvalue weighted by Crippen LogP contribution is -2.28. The van der Waals surface area contributed by atoms with Crippen LogP contribution < -0.4 is 5.32 Å². The van der Waals surface area contributed by atoms with E-state index in [4.69, 9.17) is 0 Å². The first-order valence-corrected chi connectivity index (χ1v) is 10.9. The van der Waals surface area contributed by atoms with Crippen molar-refractivity contribution in [3.05, 3.63) is 64.8 Å². The number of aromatic nitrogens is 1. The van der Waals surface area contributed by atoms with Gasteiger partial charge >= 0.3 is 0 Å². The van der Waals surface area contributed by atoms with Gasteiger partial charge in [-0.25, -0.2) is 8.42 Å². The molecule has 0 bridgehead atoms. The average molecular weight is 428 g/mol. The second-order valence-corrected chi connectivity index (χ2v) is 9.04. The highest BCUT2D eigenvalue weighted by Gasteiger charge is 2.27.